The summed E-state index contributed by atoms with van der Waals surface area (Å²) in [6, 6.07) is 7.92. The predicted molar refractivity (Wildman–Crippen MR) is 137 cm³/mol. The molecular weight excluding hydrogens is 470 g/mol. The fraction of sp³-hybridized carbons (Fsp3) is 0.464. The van der Waals surface area contributed by atoms with Crippen molar-refractivity contribution in [2.24, 2.45) is 17.6 Å². The standard InChI is InChI=1S/C28H33N5O4/c1-16(2)28(22(12-29)24(30)36-25-23(28)17(3)31-32-25)21-10-18(9-20(11-21)15-34)7-8-19-13-33(14-19)26(35)37-27(4,5)6/h9-11,16,19,34H,13-15,30H2,1-6H3,(H,31,32). The number of fused-ring (bicyclic) bond motifs is 1. The third-order valence-electron chi connectivity index (χ3n) is 6.72. The van der Waals surface area contributed by atoms with Gasteiger partial charge in [0.05, 0.1) is 29.2 Å². The monoisotopic (exact) mass is 503 g/mol. The minimum atomic E-state index is -0.949. The second-order valence-corrected chi connectivity index (χ2v) is 10.9. The van der Waals surface area contributed by atoms with Crippen LogP contribution in [0.15, 0.2) is 29.7 Å². The zero-order valence-corrected chi connectivity index (χ0v) is 22.1. The number of benzene rings is 1. The van der Waals surface area contributed by atoms with Gasteiger partial charge in [0.25, 0.3) is 0 Å². The highest BCUT2D eigenvalue weighted by molar-refractivity contribution is 5.69. The lowest BCUT2D eigenvalue weighted by Crippen LogP contribution is -2.51. The molecule has 4 N–H and O–H groups in total. The summed E-state index contributed by atoms with van der Waals surface area (Å²) in [7, 11) is 0. The summed E-state index contributed by atoms with van der Waals surface area (Å²) in [5.74, 6) is 6.79. The van der Waals surface area contributed by atoms with E-state index in [-0.39, 0.29) is 30.4 Å². The molecule has 0 aliphatic carbocycles. The number of allylic oxidation sites excluding steroid dienone is 1. The van der Waals surface area contributed by atoms with Gasteiger partial charge < -0.3 is 25.2 Å². The van der Waals surface area contributed by atoms with E-state index >= 15 is 0 Å². The number of aliphatic hydroxyl groups excluding tert-OH is 1. The molecule has 1 unspecified atom stereocenters. The molecule has 0 radical (unpaired) electrons. The van der Waals surface area contributed by atoms with Gasteiger partial charge in [-0.2, -0.15) is 10.4 Å². The molecule has 1 atom stereocenters. The van der Waals surface area contributed by atoms with Gasteiger partial charge in [-0.1, -0.05) is 31.8 Å². The van der Waals surface area contributed by atoms with Crippen LogP contribution in [-0.2, 0) is 16.8 Å². The Balaban J connectivity index is 1.73. The number of hydrogen-bond donors (Lipinski definition) is 3. The van der Waals surface area contributed by atoms with Gasteiger partial charge in [-0.3, -0.25) is 0 Å². The summed E-state index contributed by atoms with van der Waals surface area (Å²) in [5, 5.41) is 27.5. The quantitative estimate of drug-likeness (QED) is 0.546. The van der Waals surface area contributed by atoms with Crippen LogP contribution in [0.25, 0.3) is 0 Å². The Bertz CT molecular complexity index is 1360. The van der Waals surface area contributed by atoms with E-state index in [4.69, 9.17) is 15.2 Å². The molecule has 3 heterocycles. The summed E-state index contributed by atoms with van der Waals surface area (Å²) in [6.07, 6.45) is -0.340. The van der Waals surface area contributed by atoms with Crippen molar-refractivity contribution in [1.82, 2.24) is 15.1 Å². The normalized spacial score (nSPS) is 19.4. The average Bonchev–Trinajstić information content (AvgIpc) is 3.15. The van der Waals surface area contributed by atoms with Crippen molar-refractivity contribution >= 4 is 6.09 Å². The fourth-order valence-corrected chi connectivity index (χ4v) is 5.09. The summed E-state index contributed by atoms with van der Waals surface area (Å²) < 4.78 is 11.1. The van der Waals surface area contributed by atoms with Crippen LogP contribution in [0, 0.1) is 41.9 Å². The number of nitrogens with one attached hydrogen (secondary N) is 1. The maximum Gasteiger partial charge on any atom is 0.410 e. The van der Waals surface area contributed by atoms with Gasteiger partial charge in [0.1, 0.15) is 17.2 Å². The number of amides is 1. The molecule has 1 saturated heterocycles. The number of nitrogens with two attached hydrogens (primary N) is 1. The number of likely N-dealkylation sites (tertiary alicyclic amines) is 1. The van der Waals surface area contributed by atoms with Crippen LogP contribution in [-0.4, -0.2) is 45.0 Å². The van der Waals surface area contributed by atoms with Gasteiger partial charge in [-0.25, -0.2) is 9.89 Å². The molecule has 1 aromatic heterocycles. The van der Waals surface area contributed by atoms with Gasteiger partial charge in [0, 0.05) is 18.7 Å². The number of ether oxygens (including phenoxy) is 2. The number of aromatic amines is 1. The lowest BCUT2D eigenvalue weighted by atomic mass is 9.61. The minimum Gasteiger partial charge on any atom is -0.444 e. The SMILES string of the molecule is Cc1n[nH]c2c1C(c1cc(C#CC3CN(C(=O)OC(C)(C)C)C3)cc(CO)c1)(C(C)C)C(C#N)=C(N)O2. The topological polar surface area (TPSA) is 137 Å². The van der Waals surface area contributed by atoms with E-state index in [1.807, 2.05) is 59.7 Å². The summed E-state index contributed by atoms with van der Waals surface area (Å²) >= 11 is 0. The lowest BCUT2D eigenvalue weighted by Gasteiger charge is -2.41. The van der Waals surface area contributed by atoms with Crippen molar-refractivity contribution in [3.8, 4) is 23.8 Å². The lowest BCUT2D eigenvalue weighted by molar-refractivity contribution is 0.00591. The second-order valence-electron chi connectivity index (χ2n) is 10.9. The van der Waals surface area contributed by atoms with Crippen molar-refractivity contribution in [2.75, 3.05) is 13.1 Å². The molecule has 1 fully saturated rings. The van der Waals surface area contributed by atoms with E-state index in [2.05, 4.69) is 28.1 Å². The highest BCUT2D eigenvalue weighted by Gasteiger charge is 2.50. The summed E-state index contributed by atoms with van der Waals surface area (Å²) in [4.78, 5) is 13.9. The number of carbonyl (C=O) groups excluding carboxylic acids is 1. The van der Waals surface area contributed by atoms with Crippen LogP contribution in [0.4, 0.5) is 4.79 Å². The average molecular weight is 504 g/mol. The highest BCUT2D eigenvalue weighted by Crippen LogP contribution is 2.52. The molecule has 1 amide bonds. The number of nitriles is 1. The molecule has 0 spiro atoms. The molecule has 0 bridgehead atoms. The number of aliphatic hydroxyl groups is 1. The van der Waals surface area contributed by atoms with Gasteiger partial charge in [0.15, 0.2) is 0 Å². The Morgan fingerprint density at radius 3 is 2.68 bits per heavy atom. The van der Waals surface area contributed by atoms with Crippen LogP contribution >= 0.6 is 0 Å². The number of aryl methyl sites for hydroxylation is 1. The number of H-pyrrole nitrogens is 1. The molecule has 4 rings (SSSR count). The number of hydrogen-bond acceptors (Lipinski definition) is 7. The van der Waals surface area contributed by atoms with Crippen molar-refractivity contribution in [3.63, 3.8) is 0 Å². The Morgan fingerprint density at radius 1 is 1.38 bits per heavy atom. The highest BCUT2D eigenvalue weighted by atomic mass is 16.6. The predicted octanol–water partition coefficient (Wildman–Crippen LogP) is 3.46. The molecule has 37 heavy (non-hydrogen) atoms. The van der Waals surface area contributed by atoms with E-state index in [1.165, 1.54) is 0 Å². The van der Waals surface area contributed by atoms with E-state index in [0.717, 1.165) is 11.1 Å². The van der Waals surface area contributed by atoms with Crippen LogP contribution < -0.4 is 10.5 Å². The molecular formula is C28H33N5O4. The maximum absolute atomic E-state index is 12.2. The molecule has 9 nitrogen and oxygen atoms in total. The Kier molecular flexibility index (Phi) is 6.70. The van der Waals surface area contributed by atoms with Crippen molar-refractivity contribution < 1.29 is 19.4 Å². The first-order chi connectivity index (χ1) is 17.4. The zero-order chi connectivity index (χ0) is 27.1. The molecule has 1 aromatic carbocycles. The van der Waals surface area contributed by atoms with Crippen LogP contribution in [0.5, 0.6) is 5.88 Å². The van der Waals surface area contributed by atoms with Crippen LogP contribution in [0.1, 0.15) is 62.6 Å². The number of carbonyl (C=O) groups is 1. The van der Waals surface area contributed by atoms with Gasteiger partial charge in [-0.15, -0.1) is 0 Å². The molecule has 2 aromatic rings. The molecule has 194 valence electrons. The van der Waals surface area contributed by atoms with Crippen LogP contribution in [0.3, 0.4) is 0 Å². The van der Waals surface area contributed by atoms with Crippen LogP contribution in [0.2, 0.25) is 0 Å². The fourth-order valence-electron chi connectivity index (χ4n) is 5.09. The van der Waals surface area contributed by atoms with E-state index in [1.54, 1.807) is 4.90 Å². The van der Waals surface area contributed by atoms with Crippen molar-refractivity contribution in [1.29, 1.82) is 5.26 Å². The second kappa shape index (κ2) is 9.49. The number of rotatable bonds is 3. The summed E-state index contributed by atoms with van der Waals surface area (Å²) in [5.41, 5.74) is 8.62. The Hall–Kier alpha value is -3.95. The minimum absolute atomic E-state index is 0.0174. The number of nitrogens with zero attached hydrogens (tertiary/aromatic N) is 3. The zero-order valence-electron chi connectivity index (χ0n) is 22.1. The van der Waals surface area contributed by atoms with E-state index < -0.39 is 11.0 Å². The van der Waals surface area contributed by atoms with Gasteiger partial charge >= 0.3 is 6.09 Å². The smallest absolute Gasteiger partial charge is 0.410 e. The first-order valence-corrected chi connectivity index (χ1v) is 12.3. The first-order valence-electron chi connectivity index (χ1n) is 12.3. The van der Waals surface area contributed by atoms with Gasteiger partial charge in [0.2, 0.25) is 11.8 Å². The third-order valence-corrected chi connectivity index (χ3v) is 6.72. The maximum atomic E-state index is 12.2. The molecule has 2 aliphatic heterocycles. The van der Waals surface area contributed by atoms with Gasteiger partial charge in [-0.05, 0) is 56.9 Å². The Labute approximate surface area is 217 Å². The summed E-state index contributed by atoms with van der Waals surface area (Å²) in [6.45, 7) is 12.2. The molecule has 2 aliphatic rings. The van der Waals surface area contributed by atoms with Crippen molar-refractivity contribution in [3.05, 3.63) is 57.6 Å². The number of aromatic nitrogens is 2. The molecule has 9 heteroatoms. The largest absolute Gasteiger partial charge is 0.444 e. The van der Waals surface area contributed by atoms with E-state index in [9.17, 15) is 15.2 Å². The molecule has 0 saturated carbocycles. The van der Waals surface area contributed by atoms with Crippen molar-refractivity contribution in [2.45, 2.75) is 59.2 Å². The third kappa shape index (κ3) is 4.63. The van der Waals surface area contributed by atoms with E-state index in [0.29, 0.717) is 41.4 Å². The Morgan fingerprint density at radius 2 is 2.08 bits per heavy atom. The first kappa shape index (κ1) is 26.1.